The molecule has 0 unspecified atom stereocenters. The van der Waals surface area contributed by atoms with Crippen LogP contribution >= 0.6 is 0 Å². The molecule has 0 aliphatic carbocycles. The Morgan fingerprint density at radius 2 is 1.60 bits per heavy atom. The van der Waals surface area contributed by atoms with Crippen molar-refractivity contribution in [1.29, 1.82) is 0 Å². The molecule has 3 aromatic carbocycles. The Labute approximate surface area is 294 Å². The van der Waals surface area contributed by atoms with Crippen molar-refractivity contribution in [3.8, 4) is 22.6 Å². The average molecular weight is 860 g/mol. The minimum atomic E-state index is -1.85. The largest absolute Gasteiger partial charge is 0.486 e. The van der Waals surface area contributed by atoms with Crippen molar-refractivity contribution in [2.45, 2.75) is 70.3 Å². The standard InChI is InChI=1S/C23H20N3O.C17H22GeN.Ir/c1-14-12-13-16-15-8-7-9-17(20(15)27-22(16)24-14)21-25-18-10-5-6-11-19(18)26(21)23(2,3)4;1-13(2)15-11-17(14-9-7-6-8-10-14)19-12-16(15)18(3,4)5;/h5-8,10-13H,1-4H3;6-9,11-13H,1-5H3;/q2*-1;. The van der Waals surface area contributed by atoms with Crippen LogP contribution in [-0.4, -0.2) is 32.8 Å². The second-order valence-electron chi connectivity index (χ2n) is 14.3. The van der Waals surface area contributed by atoms with Gasteiger partial charge in [0.2, 0.25) is 5.71 Å². The van der Waals surface area contributed by atoms with Crippen LogP contribution in [0.1, 0.15) is 51.8 Å². The van der Waals surface area contributed by atoms with E-state index < -0.39 is 13.3 Å². The van der Waals surface area contributed by atoms with Crippen molar-refractivity contribution in [1.82, 2.24) is 19.5 Å². The molecule has 0 atom stereocenters. The Morgan fingerprint density at radius 3 is 2.28 bits per heavy atom. The summed E-state index contributed by atoms with van der Waals surface area (Å²) in [5.41, 5.74) is 8.78. The van der Waals surface area contributed by atoms with Crippen molar-refractivity contribution in [2.24, 2.45) is 0 Å². The van der Waals surface area contributed by atoms with E-state index >= 15 is 0 Å². The van der Waals surface area contributed by atoms with Crippen LogP contribution in [0.25, 0.3) is 55.7 Å². The van der Waals surface area contributed by atoms with Crippen LogP contribution in [0, 0.1) is 19.1 Å². The van der Waals surface area contributed by atoms with Gasteiger partial charge in [-0.15, -0.1) is 18.2 Å². The van der Waals surface area contributed by atoms with Crippen LogP contribution < -0.4 is 4.40 Å². The monoisotopic (exact) mass is 861 g/mol. The van der Waals surface area contributed by atoms with Gasteiger partial charge in [0.25, 0.3) is 0 Å². The SMILES string of the molecule is CC(C)c1cc(-c2[c-]cccc2)nc[c]1[Ge]([CH3])([CH3])[CH3].Cc1ccc2c(n1)oc1c(-c3nc4ccccc4n3C(C)(C)C)[c-]ccc12.[Ir]. The Morgan fingerprint density at radius 1 is 0.851 bits per heavy atom. The van der Waals surface area contributed by atoms with Gasteiger partial charge < -0.3 is 8.98 Å². The summed E-state index contributed by atoms with van der Waals surface area (Å²) in [5.74, 6) is 8.70. The number of furan rings is 1. The third-order valence-corrected chi connectivity index (χ3v) is 12.5. The molecule has 4 aromatic heterocycles. The van der Waals surface area contributed by atoms with Crippen LogP contribution in [0.15, 0.2) is 89.5 Å². The molecule has 0 fully saturated rings. The minimum Gasteiger partial charge on any atom is -0.486 e. The molecule has 0 amide bonds. The summed E-state index contributed by atoms with van der Waals surface area (Å²) in [6.07, 6.45) is 2.12. The van der Waals surface area contributed by atoms with E-state index in [9.17, 15) is 0 Å². The van der Waals surface area contributed by atoms with Crippen molar-refractivity contribution < 1.29 is 24.5 Å². The van der Waals surface area contributed by atoms with Gasteiger partial charge in [-0.2, -0.15) is 0 Å². The first-order valence-electron chi connectivity index (χ1n) is 16.0. The Kier molecular flexibility index (Phi) is 9.98. The fourth-order valence-corrected chi connectivity index (χ4v) is 9.55. The second-order valence-corrected chi connectivity index (χ2v) is 24.8. The van der Waals surface area contributed by atoms with Crippen molar-refractivity contribution in [3.05, 3.63) is 108 Å². The van der Waals surface area contributed by atoms with Crippen molar-refractivity contribution in [2.75, 3.05) is 0 Å². The molecule has 5 nitrogen and oxygen atoms in total. The molecule has 7 aromatic rings. The van der Waals surface area contributed by atoms with Gasteiger partial charge in [-0.1, -0.05) is 23.1 Å². The van der Waals surface area contributed by atoms with Crippen molar-refractivity contribution in [3.63, 3.8) is 0 Å². The van der Waals surface area contributed by atoms with Crippen molar-refractivity contribution >= 4 is 50.8 Å². The Hall–Kier alpha value is -3.58. The quantitative estimate of drug-likeness (QED) is 0.131. The molecule has 7 heteroatoms. The maximum absolute atomic E-state index is 6.19. The minimum absolute atomic E-state index is 0. The van der Waals surface area contributed by atoms with Gasteiger partial charge in [-0.3, -0.25) is 4.98 Å². The van der Waals surface area contributed by atoms with Gasteiger partial charge >= 0.3 is 119 Å². The zero-order chi connectivity index (χ0) is 32.8. The van der Waals surface area contributed by atoms with E-state index in [1.165, 1.54) is 9.96 Å². The summed E-state index contributed by atoms with van der Waals surface area (Å²) >= 11 is -1.85. The average Bonchev–Trinajstić information content (AvgIpc) is 3.59. The summed E-state index contributed by atoms with van der Waals surface area (Å²) in [6.45, 7) is 13.1. The van der Waals surface area contributed by atoms with Gasteiger partial charge in [0.05, 0.1) is 22.4 Å². The molecule has 0 saturated heterocycles. The number of hydrogen-bond donors (Lipinski definition) is 0. The number of aryl methyl sites for hydroxylation is 1. The van der Waals surface area contributed by atoms with E-state index in [1.54, 1.807) is 0 Å². The molecule has 7 rings (SSSR count). The van der Waals surface area contributed by atoms with E-state index in [0.717, 1.165) is 55.7 Å². The molecular formula is C40H42GeIrN4O-2. The van der Waals surface area contributed by atoms with Gasteiger partial charge in [0.15, 0.2) is 0 Å². The number of para-hydroxylation sites is 2. The summed E-state index contributed by atoms with van der Waals surface area (Å²) in [7, 11) is 0. The molecule has 0 aliphatic rings. The van der Waals surface area contributed by atoms with Crippen LogP contribution in [-0.2, 0) is 25.6 Å². The molecule has 243 valence electrons. The molecule has 0 saturated carbocycles. The third-order valence-electron chi connectivity index (χ3n) is 8.24. The third kappa shape index (κ3) is 7.01. The molecule has 0 bridgehead atoms. The fourth-order valence-electron chi connectivity index (χ4n) is 6.03. The number of nitrogens with zero attached hydrogens (tertiary/aromatic N) is 4. The number of pyridine rings is 2. The molecule has 1 radical (unpaired) electrons. The summed E-state index contributed by atoms with van der Waals surface area (Å²) in [4.78, 5) is 14.2. The fraction of sp³-hybridized carbons (Fsp3) is 0.275. The molecular weight excluding hydrogens is 817 g/mol. The van der Waals surface area contributed by atoms with E-state index in [-0.39, 0.29) is 25.6 Å². The van der Waals surface area contributed by atoms with Crippen LogP contribution in [0.2, 0.25) is 17.3 Å². The van der Waals surface area contributed by atoms with Crippen LogP contribution in [0.3, 0.4) is 0 Å². The number of fused-ring (bicyclic) bond motifs is 4. The molecule has 47 heavy (non-hydrogen) atoms. The Bertz CT molecular complexity index is 2170. The number of aromatic nitrogens is 4. The van der Waals surface area contributed by atoms with Crippen LogP contribution in [0.5, 0.6) is 0 Å². The van der Waals surface area contributed by atoms with E-state index in [1.807, 2.05) is 61.5 Å². The predicted molar refractivity (Wildman–Crippen MR) is 194 cm³/mol. The Balaban J connectivity index is 0.000000192. The zero-order valence-electron chi connectivity index (χ0n) is 28.7. The molecule has 0 N–H and O–H groups in total. The van der Waals surface area contributed by atoms with E-state index in [2.05, 4.69) is 109 Å². The van der Waals surface area contributed by atoms with Gasteiger partial charge in [0, 0.05) is 36.7 Å². The molecule has 0 spiro atoms. The summed E-state index contributed by atoms with van der Waals surface area (Å²) in [6, 6.07) is 33.2. The number of benzene rings is 3. The number of rotatable bonds is 4. The van der Waals surface area contributed by atoms with Gasteiger partial charge in [-0.25, -0.2) is 4.98 Å². The number of imidazole rings is 1. The maximum Gasteiger partial charge on any atom is 0.216 e. The smallest absolute Gasteiger partial charge is 0.216 e. The molecule has 4 heterocycles. The van der Waals surface area contributed by atoms with Gasteiger partial charge in [-0.05, 0) is 52.0 Å². The first kappa shape index (κ1) is 34.7. The predicted octanol–water partition coefficient (Wildman–Crippen LogP) is 10.1. The molecule has 0 aliphatic heterocycles. The normalized spacial score (nSPS) is 12.0. The maximum atomic E-state index is 6.19. The topological polar surface area (TPSA) is 56.7 Å². The van der Waals surface area contributed by atoms with Crippen LogP contribution in [0.4, 0.5) is 0 Å². The zero-order valence-corrected chi connectivity index (χ0v) is 33.2. The number of hydrogen-bond acceptors (Lipinski definition) is 4. The van der Waals surface area contributed by atoms with E-state index in [4.69, 9.17) is 9.40 Å². The van der Waals surface area contributed by atoms with Gasteiger partial charge in [0.1, 0.15) is 0 Å². The van der Waals surface area contributed by atoms with E-state index in [0.29, 0.717) is 11.6 Å². The second kappa shape index (κ2) is 13.5. The first-order chi connectivity index (χ1) is 21.8. The first-order valence-corrected chi connectivity index (χ1v) is 23.3. The summed E-state index contributed by atoms with van der Waals surface area (Å²) < 4.78 is 9.97. The summed E-state index contributed by atoms with van der Waals surface area (Å²) in [5, 5.41) is 2.06.